The highest BCUT2D eigenvalue weighted by Crippen LogP contribution is 2.27. The highest BCUT2D eigenvalue weighted by atomic mass is 16.5. The van der Waals surface area contributed by atoms with Crippen molar-refractivity contribution in [3.63, 3.8) is 0 Å². The maximum atomic E-state index is 5.62. The minimum Gasteiger partial charge on any atom is -0.384 e. The second kappa shape index (κ2) is 6.92. The van der Waals surface area contributed by atoms with Crippen molar-refractivity contribution in [3.8, 4) is 0 Å². The molecule has 1 aliphatic rings. The van der Waals surface area contributed by atoms with Crippen LogP contribution in [0.15, 0.2) is 18.2 Å². The molecule has 0 bridgehead atoms. The third kappa shape index (κ3) is 3.71. The molecule has 1 aliphatic heterocycles. The molecule has 1 saturated heterocycles. The third-order valence-corrected chi connectivity index (χ3v) is 3.96. The van der Waals surface area contributed by atoms with E-state index in [1.807, 2.05) is 0 Å². The van der Waals surface area contributed by atoms with Crippen LogP contribution in [0.1, 0.15) is 24.0 Å². The van der Waals surface area contributed by atoms with Crippen LogP contribution in [0.4, 0.5) is 5.69 Å². The van der Waals surface area contributed by atoms with E-state index >= 15 is 0 Å². The van der Waals surface area contributed by atoms with Gasteiger partial charge in [-0.15, -0.1) is 0 Å². The summed E-state index contributed by atoms with van der Waals surface area (Å²) >= 11 is 0. The molecule has 3 nitrogen and oxygen atoms in total. The molecule has 19 heavy (non-hydrogen) atoms. The second-order valence-electron chi connectivity index (χ2n) is 5.57. The van der Waals surface area contributed by atoms with Crippen LogP contribution in [0.5, 0.6) is 0 Å². The van der Waals surface area contributed by atoms with Gasteiger partial charge in [-0.2, -0.15) is 0 Å². The molecule has 0 spiro atoms. The van der Waals surface area contributed by atoms with Crippen molar-refractivity contribution in [3.05, 3.63) is 29.3 Å². The summed E-state index contributed by atoms with van der Waals surface area (Å²) < 4.78 is 5.31. The normalized spacial score (nSPS) is 19.7. The molecule has 0 radical (unpaired) electrons. The van der Waals surface area contributed by atoms with Crippen LogP contribution in [-0.4, -0.2) is 33.4 Å². The summed E-state index contributed by atoms with van der Waals surface area (Å²) in [6.45, 7) is 6.08. The largest absolute Gasteiger partial charge is 0.384 e. The molecule has 1 aromatic carbocycles. The van der Waals surface area contributed by atoms with Crippen molar-refractivity contribution in [2.45, 2.75) is 26.2 Å². The first-order valence-corrected chi connectivity index (χ1v) is 7.28. The number of methoxy groups -OCH3 is 1. The SMILES string of the molecule is COCC1CCCN(c2ccc(CCN)cc2C)C1. The number of ether oxygens (including phenoxy) is 1. The smallest absolute Gasteiger partial charge is 0.0507 e. The molecule has 1 atom stereocenters. The van der Waals surface area contributed by atoms with Gasteiger partial charge in [-0.25, -0.2) is 0 Å². The van der Waals surface area contributed by atoms with Gasteiger partial charge >= 0.3 is 0 Å². The van der Waals surface area contributed by atoms with E-state index in [-0.39, 0.29) is 0 Å². The van der Waals surface area contributed by atoms with Crippen LogP contribution < -0.4 is 10.6 Å². The third-order valence-electron chi connectivity index (χ3n) is 3.96. The molecular weight excluding hydrogens is 236 g/mol. The van der Waals surface area contributed by atoms with Crippen LogP contribution in [0, 0.1) is 12.8 Å². The monoisotopic (exact) mass is 262 g/mol. The first-order chi connectivity index (χ1) is 9.24. The van der Waals surface area contributed by atoms with Gasteiger partial charge in [0, 0.05) is 25.9 Å². The van der Waals surface area contributed by atoms with Gasteiger partial charge in [0.2, 0.25) is 0 Å². The van der Waals surface area contributed by atoms with Crippen molar-refractivity contribution < 1.29 is 4.74 Å². The van der Waals surface area contributed by atoms with Crippen LogP contribution in [0.2, 0.25) is 0 Å². The summed E-state index contributed by atoms with van der Waals surface area (Å²) in [5, 5.41) is 0. The van der Waals surface area contributed by atoms with E-state index in [4.69, 9.17) is 10.5 Å². The minimum absolute atomic E-state index is 0.668. The lowest BCUT2D eigenvalue weighted by Crippen LogP contribution is -2.37. The summed E-state index contributed by atoms with van der Waals surface area (Å²) in [6, 6.07) is 6.76. The fourth-order valence-corrected chi connectivity index (χ4v) is 3.05. The topological polar surface area (TPSA) is 38.5 Å². The number of anilines is 1. The Bertz CT molecular complexity index is 404. The highest BCUT2D eigenvalue weighted by Gasteiger charge is 2.20. The van der Waals surface area contributed by atoms with Gasteiger partial charge in [0.05, 0.1) is 6.61 Å². The van der Waals surface area contributed by atoms with E-state index in [1.54, 1.807) is 7.11 Å². The van der Waals surface area contributed by atoms with Crippen LogP contribution in [0.3, 0.4) is 0 Å². The lowest BCUT2D eigenvalue weighted by atomic mass is 9.97. The van der Waals surface area contributed by atoms with E-state index < -0.39 is 0 Å². The zero-order valence-electron chi connectivity index (χ0n) is 12.2. The van der Waals surface area contributed by atoms with Crippen LogP contribution >= 0.6 is 0 Å². The van der Waals surface area contributed by atoms with Gasteiger partial charge in [-0.05, 0) is 55.8 Å². The lowest BCUT2D eigenvalue weighted by molar-refractivity contribution is 0.143. The Balaban J connectivity index is 2.08. The first-order valence-electron chi connectivity index (χ1n) is 7.28. The molecule has 0 saturated carbocycles. The molecule has 2 N–H and O–H groups in total. The molecule has 1 unspecified atom stereocenters. The molecule has 1 aromatic rings. The molecule has 0 amide bonds. The Labute approximate surface area is 116 Å². The van der Waals surface area contributed by atoms with Crippen molar-refractivity contribution >= 4 is 5.69 Å². The zero-order chi connectivity index (χ0) is 13.7. The van der Waals surface area contributed by atoms with Gasteiger partial charge < -0.3 is 15.4 Å². The minimum atomic E-state index is 0.668. The number of benzene rings is 1. The Hall–Kier alpha value is -1.06. The predicted molar refractivity (Wildman–Crippen MR) is 80.8 cm³/mol. The van der Waals surface area contributed by atoms with Crippen molar-refractivity contribution in [2.24, 2.45) is 11.7 Å². The Morgan fingerprint density at radius 1 is 1.42 bits per heavy atom. The molecule has 0 aliphatic carbocycles. The zero-order valence-corrected chi connectivity index (χ0v) is 12.2. The summed E-state index contributed by atoms with van der Waals surface area (Å²) in [5.41, 5.74) is 9.70. The number of rotatable bonds is 5. The molecular formula is C16H26N2O. The van der Waals surface area contributed by atoms with Gasteiger partial charge in [0.15, 0.2) is 0 Å². The van der Waals surface area contributed by atoms with E-state index in [2.05, 4.69) is 30.0 Å². The fraction of sp³-hybridized carbons (Fsp3) is 0.625. The molecule has 0 aromatic heterocycles. The van der Waals surface area contributed by atoms with Crippen molar-refractivity contribution in [1.82, 2.24) is 0 Å². The van der Waals surface area contributed by atoms with Crippen molar-refractivity contribution in [1.29, 1.82) is 0 Å². The molecule has 2 rings (SSSR count). The standard InChI is InChI=1S/C16H26N2O/c1-13-10-14(7-8-17)5-6-16(13)18-9-3-4-15(11-18)12-19-2/h5-6,10,15H,3-4,7-9,11-12,17H2,1-2H3. The maximum Gasteiger partial charge on any atom is 0.0507 e. The van der Waals surface area contributed by atoms with E-state index in [9.17, 15) is 0 Å². The van der Waals surface area contributed by atoms with Gasteiger partial charge in [-0.1, -0.05) is 12.1 Å². The maximum absolute atomic E-state index is 5.62. The quantitative estimate of drug-likeness (QED) is 0.885. The average molecular weight is 262 g/mol. The number of nitrogens with zero attached hydrogens (tertiary/aromatic N) is 1. The number of aryl methyl sites for hydroxylation is 1. The summed E-state index contributed by atoms with van der Waals surface area (Å²) in [4.78, 5) is 2.51. The molecule has 3 heteroatoms. The van der Waals surface area contributed by atoms with E-state index in [1.165, 1.54) is 29.7 Å². The highest BCUT2D eigenvalue weighted by molar-refractivity contribution is 5.54. The van der Waals surface area contributed by atoms with E-state index in [0.29, 0.717) is 5.92 Å². The summed E-state index contributed by atoms with van der Waals surface area (Å²) in [7, 11) is 1.80. The average Bonchev–Trinajstić information content (AvgIpc) is 2.40. The van der Waals surface area contributed by atoms with Crippen LogP contribution in [-0.2, 0) is 11.2 Å². The Kier molecular flexibility index (Phi) is 5.23. The molecule has 106 valence electrons. The molecule has 1 fully saturated rings. The molecule has 1 heterocycles. The number of hydrogen-bond donors (Lipinski definition) is 1. The summed E-state index contributed by atoms with van der Waals surface area (Å²) in [5.74, 6) is 0.668. The fourth-order valence-electron chi connectivity index (χ4n) is 3.05. The van der Waals surface area contributed by atoms with Gasteiger partial charge in [0.1, 0.15) is 0 Å². The van der Waals surface area contributed by atoms with Gasteiger partial charge in [-0.3, -0.25) is 0 Å². The number of hydrogen-bond acceptors (Lipinski definition) is 3. The predicted octanol–water partition coefficient (Wildman–Crippen LogP) is 2.36. The van der Waals surface area contributed by atoms with Crippen molar-refractivity contribution in [2.75, 3.05) is 38.3 Å². The second-order valence-corrected chi connectivity index (χ2v) is 5.57. The first kappa shape index (κ1) is 14.4. The van der Waals surface area contributed by atoms with Gasteiger partial charge in [0.25, 0.3) is 0 Å². The van der Waals surface area contributed by atoms with E-state index in [0.717, 1.165) is 32.7 Å². The Morgan fingerprint density at radius 2 is 2.26 bits per heavy atom. The Morgan fingerprint density at radius 3 is 2.95 bits per heavy atom. The lowest BCUT2D eigenvalue weighted by Gasteiger charge is -2.35. The number of nitrogens with two attached hydrogens (primary N) is 1. The summed E-state index contributed by atoms with van der Waals surface area (Å²) in [6.07, 6.45) is 3.51. The number of piperidine rings is 1. The van der Waals surface area contributed by atoms with Crippen LogP contribution in [0.25, 0.3) is 0 Å².